The van der Waals surface area contributed by atoms with E-state index in [4.69, 9.17) is 9.47 Å². The molecule has 0 N–H and O–H groups in total. The van der Waals surface area contributed by atoms with Gasteiger partial charge in [-0.15, -0.1) is 0 Å². The summed E-state index contributed by atoms with van der Waals surface area (Å²) in [6, 6.07) is 12.5. The van der Waals surface area contributed by atoms with Crippen molar-refractivity contribution in [2.75, 3.05) is 13.2 Å². The summed E-state index contributed by atoms with van der Waals surface area (Å²) in [5, 5.41) is 0. The van der Waals surface area contributed by atoms with Crippen molar-refractivity contribution in [3.8, 4) is 5.75 Å². The van der Waals surface area contributed by atoms with Crippen LogP contribution in [-0.2, 0) is 9.53 Å². The second-order valence-electron chi connectivity index (χ2n) is 7.64. The number of carbonyl (C=O) groups is 1. The highest BCUT2D eigenvalue weighted by atomic mass is 79.9. The summed E-state index contributed by atoms with van der Waals surface area (Å²) >= 11 is 8.21. The number of fused-ring (bicyclic) bond motifs is 1. The van der Waals surface area contributed by atoms with Crippen LogP contribution in [-0.4, -0.2) is 23.8 Å². The lowest BCUT2D eigenvalue weighted by Gasteiger charge is -2.24. The zero-order chi connectivity index (χ0) is 25.1. The molecule has 0 unspecified atom stereocenters. The van der Waals surface area contributed by atoms with E-state index in [1.165, 1.54) is 11.3 Å². The summed E-state index contributed by atoms with van der Waals surface area (Å²) in [5.74, 6) is 0.148. The largest absolute Gasteiger partial charge is 0.489 e. The van der Waals surface area contributed by atoms with Gasteiger partial charge in [0.2, 0.25) is 0 Å². The molecule has 1 aliphatic heterocycles. The van der Waals surface area contributed by atoms with Crippen LogP contribution in [0.25, 0.3) is 6.08 Å². The van der Waals surface area contributed by atoms with Crippen molar-refractivity contribution in [1.29, 1.82) is 0 Å². The topological polar surface area (TPSA) is 69.9 Å². The lowest BCUT2D eigenvalue weighted by molar-refractivity contribution is -0.139. The Hall–Kier alpha value is -2.75. The molecule has 35 heavy (non-hydrogen) atoms. The van der Waals surface area contributed by atoms with Crippen LogP contribution in [0.3, 0.4) is 0 Å². The Kier molecular flexibility index (Phi) is 7.88. The Morgan fingerprint density at radius 1 is 1.20 bits per heavy atom. The minimum absolute atomic E-state index is 0.226. The van der Waals surface area contributed by atoms with E-state index < -0.39 is 12.0 Å². The van der Waals surface area contributed by atoms with Gasteiger partial charge in [-0.1, -0.05) is 68.0 Å². The van der Waals surface area contributed by atoms with E-state index in [2.05, 4.69) is 43.4 Å². The maximum Gasteiger partial charge on any atom is 0.338 e. The quantitative estimate of drug-likeness (QED) is 0.280. The van der Waals surface area contributed by atoms with Gasteiger partial charge in [0.05, 0.1) is 28.5 Å². The molecule has 0 fully saturated rings. The number of carbonyl (C=O) groups excluding carboxylic acids is 1. The first-order chi connectivity index (χ1) is 16.8. The molecule has 1 atom stereocenters. The van der Waals surface area contributed by atoms with E-state index in [0.717, 1.165) is 20.1 Å². The first-order valence-electron chi connectivity index (χ1n) is 10.8. The number of hydrogen-bond donors (Lipinski definition) is 0. The third kappa shape index (κ3) is 5.27. The van der Waals surface area contributed by atoms with Gasteiger partial charge >= 0.3 is 5.97 Å². The van der Waals surface area contributed by atoms with E-state index in [-0.39, 0.29) is 12.2 Å². The zero-order valence-electron chi connectivity index (χ0n) is 19.1. The number of thiazole rings is 1. The third-order valence-corrected chi connectivity index (χ3v) is 7.32. The first kappa shape index (κ1) is 25.3. The van der Waals surface area contributed by atoms with Gasteiger partial charge in [0, 0.05) is 14.5 Å². The summed E-state index contributed by atoms with van der Waals surface area (Å²) in [4.78, 5) is 31.8. The molecule has 180 valence electrons. The summed E-state index contributed by atoms with van der Waals surface area (Å²) < 4.78 is 14.9. The van der Waals surface area contributed by atoms with Crippen LogP contribution in [0.15, 0.2) is 85.1 Å². The Labute approximate surface area is 223 Å². The summed E-state index contributed by atoms with van der Waals surface area (Å²) in [5.41, 5.74) is 2.17. The third-order valence-electron chi connectivity index (χ3n) is 5.32. The van der Waals surface area contributed by atoms with Crippen LogP contribution in [0, 0.1) is 0 Å². The van der Waals surface area contributed by atoms with E-state index in [0.29, 0.717) is 33.0 Å². The van der Waals surface area contributed by atoms with E-state index >= 15 is 0 Å². The van der Waals surface area contributed by atoms with Gasteiger partial charge in [-0.25, -0.2) is 9.79 Å². The Balaban J connectivity index is 1.94. The standard InChI is InChI=1S/C26H22Br2N2O4S/c1-4-12-34-20-11-10-19(28)13-17(20)14-21-24(31)30-23(16-6-8-18(27)9-7-16)22(25(32)33-5-2)15(3)29-26(30)35-21/h4,6-11,13-14,23H,1,5,12H2,2-3H3/b21-14-/t23-/m1/s1. The molecule has 3 aromatic rings. The lowest BCUT2D eigenvalue weighted by Crippen LogP contribution is -2.39. The second kappa shape index (κ2) is 10.9. The average molecular weight is 618 g/mol. The van der Waals surface area contributed by atoms with Gasteiger partial charge in [-0.2, -0.15) is 0 Å². The number of benzene rings is 2. The molecule has 2 aromatic carbocycles. The van der Waals surface area contributed by atoms with Crippen LogP contribution in [0.1, 0.15) is 31.0 Å². The Bertz CT molecular complexity index is 1500. The normalized spacial score (nSPS) is 15.4. The van der Waals surface area contributed by atoms with Gasteiger partial charge in [0.1, 0.15) is 12.4 Å². The van der Waals surface area contributed by atoms with E-state index in [1.807, 2.05) is 42.5 Å². The van der Waals surface area contributed by atoms with Crippen molar-refractivity contribution < 1.29 is 14.3 Å². The lowest BCUT2D eigenvalue weighted by atomic mass is 9.96. The molecule has 6 nitrogen and oxygen atoms in total. The van der Waals surface area contributed by atoms with Crippen molar-refractivity contribution in [3.63, 3.8) is 0 Å². The monoisotopic (exact) mass is 616 g/mol. The number of aromatic nitrogens is 1. The second-order valence-corrected chi connectivity index (χ2v) is 10.5. The van der Waals surface area contributed by atoms with Crippen LogP contribution >= 0.6 is 43.2 Å². The molecule has 4 rings (SSSR count). The molecule has 1 aromatic heterocycles. The molecule has 0 radical (unpaired) electrons. The average Bonchev–Trinajstić information content (AvgIpc) is 3.12. The number of nitrogens with zero attached hydrogens (tertiary/aromatic N) is 2. The molecular weight excluding hydrogens is 596 g/mol. The summed E-state index contributed by atoms with van der Waals surface area (Å²) in [6.45, 7) is 7.78. The SMILES string of the molecule is C=CCOc1ccc(Br)cc1/C=c1\sc2n(c1=O)[C@H](c1ccc(Br)cc1)C(C(=O)OCC)=C(C)N=2. The van der Waals surface area contributed by atoms with E-state index in [1.54, 1.807) is 30.6 Å². The molecule has 0 saturated heterocycles. The van der Waals surface area contributed by atoms with Gasteiger partial charge in [0.15, 0.2) is 4.80 Å². The molecule has 0 aliphatic carbocycles. The molecule has 0 amide bonds. The van der Waals surface area contributed by atoms with Crippen LogP contribution in [0.4, 0.5) is 0 Å². The number of halogens is 2. The fourth-order valence-electron chi connectivity index (χ4n) is 3.81. The van der Waals surface area contributed by atoms with E-state index in [9.17, 15) is 9.59 Å². The molecular formula is C26H22Br2N2O4S. The number of rotatable bonds is 7. The maximum atomic E-state index is 13.7. The zero-order valence-corrected chi connectivity index (χ0v) is 23.1. The highest BCUT2D eigenvalue weighted by molar-refractivity contribution is 9.10. The molecule has 0 spiro atoms. The van der Waals surface area contributed by atoms with Crippen molar-refractivity contribution in [2.24, 2.45) is 4.99 Å². The minimum atomic E-state index is -0.653. The molecule has 0 saturated carbocycles. The molecule has 9 heteroatoms. The van der Waals surface area contributed by atoms with Crippen LogP contribution < -0.4 is 19.6 Å². The molecule has 0 bridgehead atoms. The van der Waals surface area contributed by atoms with Crippen molar-refractivity contribution in [1.82, 2.24) is 4.57 Å². The highest BCUT2D eigenvalue weighted by Gasteiger charge is 2.33. The van der Waals surface area contributed by atoms with Crippen molar-refractivity contribution in [3.05, 3.63) is 106 Å². The number of hydrogen-bond acceptors (Lipinski definition) is 6. The summed E-state index contributed by atoms with van der Waals surface area (Å²) in [7, 11) is 0. The van der Waals surface area contributed by atoms with Gasteiger partial charge < -0.3 is 9.47 Å². The molecule has 1 aliphatic rings. The van der Waals surface area contributed by atoms with Gasteiger partial charge in [0.25, 0.3) is 5.56 Å². The van der Waals surface area contributed by atoms with Crippen molar-refractivity contribution >= 4 is 55.2 Å². The number of ether oxygens (including phenoxy) is 2. The van der Waals surface area contributed by atoms with Crippen LogP contribution in [0.2, 0.25) is 0 Å². The smallest absolute Gasteiger partial charge is 0.338 e. The number of allylic oxidation sites excluding steroid dienone is 1. The van der Waals surface area contributed by atoms with Gasteiger partial charge in [-0.3, -0.25) is 9.36 Å². The first-order valence-corrected chi connectivity index (χ1v) is 13.2. The highest BCUT2D eigenvalue weighted by Crippen LogP contribution is 2.31. The maximum absolute atomic E-state index is 13.7. The predicted molar refractivity (Wildman–Crippen MR) is 144 cm³/mol. The number of esters is 1. The fraction of sp³-hybridized carbons (Fsp3) is 0.192. The summed E-state index contributed by atoms with van der Waals surface area (Å²) in [6.07, 6.45) is 3.45. The Morgan fingerprint density at radius 3 is 2.60 bits per heavy atom. The predicted octanol–water partition coefficient (Wildman–Crippen LogP) is 4.89. The fourth-order valence-corrected chi connectivity index (χ4v) is 5.49. The van der Waals surface area contributed by atoms with Crippen LogP contribution in [0.5, 0.6) is 5.75 Å². The Morgan fingerprint density at radius 2 is 1.91 bits per heavy atom. The molecule has 2 heterocycles. The van der Waals surface area contributed by atoms with Crippen molar-refractivity contribution in [2.45, 2.75) is 19.9 Å². The van der Waals surface area contributed by atoms with Gasteiger partial charge in [-0.05, 0) is 55.8 Å². The minimum Gasteiger partial charge on any atom is -0.489 e.